The number of aryl methyl sites for hydroxylation is 1. The predicted octanol–water partition coefficient (Wildman–Crippen LogP) is 3.47. The van der Waals surface area contributed by atoms with E-state index < -0.39 is 0 Å². The molecule has 2 heteroatoms. The highest BCUT2D eigenvalue weighted by Gasteiger charge is 2.32. The van der Waals surface area contributed by atoms with Crippen molar-refractivity contribution in [3.63, 3.8) is 0 Å². The van der Waals surface area contributed by atoms with Crippen molar-refractivity contribution in [1.29, 1.82) is 0 Å². The van der Waals surface area contributed by atoms with Crippen LogP contribution in [0.5, 0.6) is 0 Å². The Morgan fingerprint density at radius 2 is 1.74 bits per heavy atom. The maximum absolute atomic E-state index is 4.87. The summed E-state index contributed by atoms with van der Waals surface area (Å²) in [5.74, 6) is 0.593. The lowest BCUT2D eigenvalue weighted by atomic mass is 9.83. The second-order valence-corrected chi connectivity index (χ2v) is 5.30. The van der Waals surface area contributed by atoms with Crippen LogP contribution in [0.25, 0.3) is 0 Å². The average Bonchev–Trinajstić information content (AvgIpc) is 2.93. The van der Waals surface area contributed by atoms with Gasteiger partial charge in [0.05, 0.1) is 17.9 Å². The van der Waals surface area contributed by atoms with Gasteiger partial charge < -0.3 is 0 Å². The van der Waals surface area contributed by atoms with Crippen LogP contribution in [0.1, 0.15) is 17.5 Å². The number of rotatable bonds is 1. The quantitative estimate of drug-likeness (QED) is 0.754. The first kappa shape index (κ1) is 10.8. The molecule has 2 aromatic carbocycles. The summed E-state index contributed by atoms with van der Waals surface area (Å²) in [6.07, 6.45) is 2.40. The number of hydrogen-bond acceptors (Lipinski definition) is 2. The topological polar surface area (TPSA) is 15.6 Å². The van der Waals surface area contributed by atoms with Crippen LogP contribution in [0, 0.1) is 5.92 Å². The maximum Gasteiger partial charge on any atom is 0.0734 e. The zero-order chi connectivity index (χ0) is 12.7. The first-order chi connectivity index (χ1) is 9.42. The fourth-order valence-corrected chi connectivity index (χ4v) is 3.13. The smallest absolute Gasteiger partial charge is 0.0734 e. The highest BCUT2D eigenvalue weighted by Crippen LogP contribution is 2.32. The molecule has 0 bridgehead atoms. The Bertz CT molecular complexity index is 631. The van der Waals surface area contributed by atoms with Gasteiger partial charge in [0.1, 0.15) is 0 Å². The lowest BCUT2D eigenvalue weighted by Gasteiger charge is -2.21. The Morgan fingerprint density at radius 1 is 0.947 bits per heavy atom. The van der Waals surface area contributed by atoms with E-state index in [2.05, 4.69) is 59.6 Å². The summed E-state index contributed by atoms with van der Waals surface area (Å²) >= 11 is 0. The van der Waals surface area contributed by atoms with E-state index in [0.717, 1.165) is 6.54 Å². The summed E-state index contributed by atoms with van der Waals surface area (Å²) in [7, 11) is 0. The molecule has 1 heterocycles. The summed E-state index contributed by atoms with van der Waals surface area (Å²) in [6.45, 7) is 1.02. The van der Waals surface area contributed by atoms with Crippen molar-refractivity contribution in [3.05, 3.63) is 65.7 Å². The van der Waals surface area contributed by atoms with Crippen LogP contribution in [0.15, 0.2) is 59.7 Å². The zero-order valence-corrected chi connectivity index (χ0v) is 10.8. The van der Waals surface area contributed by atoms with Gasteiger partial charge in [-0.15, -0.1) is 0 Å². The van der Waals surface area contributed by atoms with E-state index >= 15 is 0 Å². The van der Waals surface area contributed by atoms with Crippen molar-refractivity contribution in [2.45, 2.75) is 12.8 Å². The summed E-state index contributed by atoms with van der Waals surface area (Å²) in [5.41, 5.74) is 5.29. The summed E-state index contributed by atoms with van der Waals surface area (Å²) < 4.78 is 0. The molecule has 0 aromatic heterocycles. The van der Waals surface area contributed by atoms with E-state index in [9.17, 15) is 0 Å². The van der Waals surface area contributed by atoms with Crippen molar-refractivity contribution in [2.24, 2.45) is 11.0 Å². The Hall–Kier alpha value is -2.09. The maximum atomic E-state index is 4.87. The van der Waals surface area contributed by atoms with E-state index in [1.54, 1.807) is 0 Å². The van der Waals surface area contributed by atoms with Crippen LogP contribution >= 0.6 is 0 Å². The van der Waals surface area contributed by atoms with Crippen LogP contribution in [0.4, 0.5) is 5.69 Å². The third-order valence-electron chi connectivity index (χ3n) is 4.12. The number of para-hydroxylation sites is 1. The number of hydrogen-bond donors (Lipinski definition) is 0. The molecule has 0 unspecified atom stereocenters. The molecule has 0 N–H and O–H groups in total. The fraction of sp³-hybridized carbons (Fsp3) is 0.235. The van der Waals surface area contributed by atoms with Gasteiger partial charge in [0.25, 0.3) is 0 Å². The minimum absolute atomic E-state index is 0.593. The Kier molecular flexibility index (Phi) is 2.41. The third kappa shape index (κ3) is 1.75. The second kappa shape index (κ2) is 4.23. The van der Waals surface area contributed by atoms with Gasteiger partial charge in [-0.05, 0) is 30.5 Å². The Morgan fingerprint density at radius 3 is 2.63 bits per heavy atom. The van der Waals surface area contributed by atoms with Gasteiger partial charge in [-0.1, -0.05) is 42.5 Å². The molecular formula is C17H16N2. The van der Waals surface area contributed by atoms with E-state index in [0.29, 0.717) is 5.92 Å². The molecule has 2 nitrogen and oxygen atoms in total. The molecule has 4 rings (SSSR count). The van der Waals surface area contributed by atoms with Gasteiger partial charge in [0.15, 0.2) is 0 Å². The standard InChI is InChI=1S/C17H16N2/c1-2-7-15(8-3-1)19-12-14-11-10-13-6-4-5-9-16(13)17(14)18-19/h1-9,14H,10-12H2/t14-/m0/s1. The number of fused-ring (bicyclic) bond motifs is 3. The van der Waals surface area contributed by atoms with Gasteiger partial charge >= 0.3 is 0 Å². The third-order valence-corrected chi connectivity index (χ3v) is 4.12. The molecular weight excluding hydrogens is 232 g/mol. The number of nitrogens with zero attached hydrogens (tertiary/aromatic N) is 2. The van der Waals surface area contributed by atoms with Gasteiger partial charge in [-0.3, -0.25) is 5.01 Å². The van der Waals surface area contributed by atoms with E-state index in [-0.39, 0.29) is 0 Å². The molecule has 19 heavy (non-hydrogen) atoms. The predicted molar refractivity (Wildman–Crippen MR) is 78.6 cm³/mol. The average molecular weight is 248 g/mol. The minimum Gasteiger partial charge on any atom is -0.265 e. The first-order valence-corrected chi connectivity index (χ1v) is 6.91. The van der Waals surface area contributed by atoms with Gasteiger partial charge in [-0.25, -0.2) is 0 Å². The molecule has 0 fully saturated rings. The van der Waals surface area contributed by atoms with Crippen molar-refractivity contribution in [3.8, 4) is 0 Å². The van der Waals surface area contributed by atoms with E-state index in [1.165, 1.54) is 35.4 Å². The molecule has 1 aliphatic heterocycles. The van der Waals surface area contributed by atoms with Gasteiger partial charge in [0, 0.05) is 11.5 Å². The molecule has 1 atom stereocenters. The van der Waals surface area contributed by atoms with Gasteiger partial charge in [0.2, 0.25) is 0 Å². The minimum atomic E-state index is 0.593. The van der Waals surface area contributed by atoms with Crippen molar-refractivity contribution >= 4 is 11.4 Å². The number of benzene rings is 2. The Labute approximate surface area is 113 Å². The van der Waals surface area contributed by atoms with E-state index in [4.69, 9.17) is 5.10 Å². The highest BCUT2D eigenvalue weighted by molar-refractivity contribution is 6.06. The zero-order valence-electron chi connectivity index (χ0n) is 10.8. The van der Waals surface area contributed by atoms with Crippen LogP contribution in [-0.2, 0) is 6.42 Å². The number of anilines is 1. The second-order valence-electron chi connectivity index (χ2n) is 5.30. The highest BCUT2D eigenvalue weighted by atomic mass is 15.5. The monoisotopic (exact) mass is 248 g/mol. The first-order valence-electron chi connectivity index (χ1n) is 6.91. The molecule has 0 spiro atoms. The van der Waals surface area contributed by atoms with Crippen LogP contribution in [-0.4, -0.2) is 12.3 Å². The molecule has 0 saturated heterocycles. The molecule has 2 aliphatic rings. The van der Waals surface area contributed by atoms with E-state index in [1.807, 2.05) is 0 Å². The van der Waals surface area contributed by atoms with Crippen molar-refractivity contribution in [2.75, 3.05) is 11.6 Å². The van der Waals surface area contributed by atoms with Crippen molar-refractivity contribution < 1.29 is 0 Å². The van der Waals surface area contributed by atoms with Crippen LogP contribution in [0.3, 0.4) is 0 Å². The number of hydrazone groups is 1. The molecule has 94 valence electrons. The lowest BCUT2D eigenvalue weighted by Crippen LogP contribution is -2.24. The van der Waals surface area contributed by atoms with Crippen molar-refractivity contribution in [1.82, 2.24) is 0 Å². The molecule has 0 amide bonds. The largest absolute Gasteiger partial charge is 0.265 e. The van der Waals surface area contributed by atoms with Gasteiger partial charge in [-0.2, -0.15) is 5.10 Å². The molecule has 0 saturated carbocycles. The molecule has 0 radical (unpaired) electrons. The lowest BCUT2D eigenvalue weighted by molar-refractivity contribution is 0.630. The van der Waals surface area contributed by atoms with Crippen LogP contribution < -0.4 is 5.01 Å². The summed E-state index contributed by atoms with van der Waals surface area (Å²) in [6, 6.07) is 19.2. The van der Waals surface area contributed by atoms with Crippen LogP contribution in [0.2, 0.25) is 0 Å². The summed E-state index contributed by atoms with van der Waals surface area (Å²) in [4.78, 5) is 0. The normalized spacial score (nSPS) is 20.7. The fourth-order valence-electron chi connectivity index (χ4n) is 3.13. The molecule has 1 aliphatic carbocycles. The molecule has 2 aromatic rings. The summed E-state index contributed by atoms with van der Waals surface area (Å²) in [5, 5.41) is 7.03. The SMILES string of the molecule is c1ccc(N2C[C@@H]3CCc4ccccc4C3=N2)cc1. The Balaban J connectivity index is 1.75.